The van der Waals surface area contributed by atoms with E-state index in [0.717, 1.165) is 23.5 Å². The van der Waals surface area contributed by atoms with Gasteiger partial charge in [-0.15, -0.1) is 0 Å². The first kappa shape index (κ1) is 16.6. The Labute approximate surface area is 155 Å². The van der Waals surface area contributed by atoms with Gasteiger partial charge in [-0.25, -0.2) is 0 Å². The van der Waals surface area contributed by atoms with Crippen molar-refractivity contribution in [3.05, 3.63) is 96.1 Å². The number of benzene rings is 3. The summed E-state index contributed by atoms with van der Waals surface area (Å²) in [5.74, 6) is 0.213. The number of nitrogens with one attached hydrogen (secondary N) is 1. The third kappa shape index (κ3) is 2.72. The van der Waals surface area contributed by atoms with Crippen LogP contribution in [0.1, 0.15) is 31.4 Å². The standard InChI is InChI=1S/C24H24N2/c1-3-24(20-14-8-5-9-15-20)18(2)23(19-12-6-4-7-13-19)25-21-16-10-11-17-22(21)26-24/h4-18,26H,3H2,1-2H3. The second-order valence-electron chi connectivity index (χ2n) is 6.92. The summed E-state index contributed by atoms with van der Waals surface area (Å²) in [4.78, 5) is 5.11. The average molecular weight is 340 g/mol. The summed E-state index contributed by atoms with van der Waals surface area (Å²) in [5, 5.41) is 3.87. The zero-order chi connectivity index (χ0) is 18.0. The molecular weight excluding hydrogens is 316 g/mol. The van der Waals surface area contributed by atoms with Crippen molar-refractivity contribution in [2.24, 2.45) is 10.9 Å². The van der Waals surface area contributed by atoms with Gasteiger partial charge in [0.1, 0.15) is 0 Å². The number of anilines is 1. The van der Waals surface area contributed by atoms with E-state index in [0.29, 0.717) is 0 Å². The van der Waals surface area contributed by atoms with Crippen molar-refractivity contribution in [1.29, 1.82) is 0 Å². The molecule has 130 valence electrons. The molecular formula is C24H24N2. The molecule has 2 atom stereocenters. The van der Waals surface area contributed by atoms with Crippen LogP contribution >= 0.6 is 0 Å². The van der Waals surface area contributed by atoms with E-state index in [2.05, 4.69) is 104 Å². The summed E-state index contributed by atoms with van der Waals surface area (Å²) in [6.07, 6.45) is 0.971. The Kier molecular flexibility index (Phi) is 4.34. The van der Waals surface area contributed by atoms with Crippen molar-refractivity contribution in [3.8, 4) is 0 Å². The number of aliphatic imine (C=N–C) groups is 1. The second kappa shape index (κ2) is 6.80. The maximum atomic E-state index is 5.11. The number of fused-ring (bicyclic) bond motifs is 1. The smallest absolute Gasteiger partial charge is 0.0864 e. The molecule has 0 radical (unpaired) electrons. The Morgan fingerprint density at radius 1 is 0.846 bits per heavy atom. The van der Waals surface area contributed by atoms with E-state index in [1.807, 2.05) is 0 Å². The van der Waals surface area contributed by atoms with E-state index in [1.165, 1.54) is 11.1 Å². The quantitative estimate of drug-likeness (QED) is 0.605. The van der Waals surface area contributed by atoms with E-state index in [9.17, 15) is 0 Å². The van der Waals surface area contributed by atoms with E-state index in [4.69, 9.17) is 4.99 Å². The molecule has 1 aliphatic heterocycles. The molecule has 1 aliphatic rings. The third-order valence-electron chi connectivity index (χ3n) is 5.57. The molecule has 0 spiro atoms. The first-order valence-corrected chi connectivity index (χ1v) is 9.31. The van der Waals surface area contributed by atoms with Gasteiger partial charge in [0.05, 0.1) is 22.6 Å². The monoisotopic (exact) mass is 340 g/mol. The summed E-state index contributed by atoms with van der Waals surface area (Å²) >= 11 is 0. The van der Waals surface area contributed by atoms with Gasteiger partial charge in [0.25, 0.3) is 0 Å². The maximum absolute atomic E-state index is 5.11. The van der Waals surface area contributed by atoms with Gasteiger partial charge in [0, 0.05) is 5.92 Å². The molecule has 2 nitrogen and oxygen atoms in total. The second-order valence-corrected chi connectivity index (χ2v) is 6.92. The molecule has 0 saturated heterocycles. The highest BCUT2D eigenvalue weighted by Crippen LogP contribution is 2.44. The van der Waals surface area contributed by atoms with E-state index < -0.39 is 0 Å². The van der Waals surface area contributed by atoms with Crippen molar-refractivity contribution in [2.75, 3.05) is 5.32 Å². The number of para-hydroxylation sites is 2. The predicted octanol–water partition coefficient (Wildman–Crippen LogP) is 6.17. The predicted molar refractivity (Wildman–Crippen MR) is 110 cm³/mol. The van der Waals surface area contributed by atoms with Crippen LogP contribution in [0.15, 0.2) is 89.9 Å². The molecule has 4 rings (SSSR count). The van der Waals surface area contributed by atoms with Crippen LogP contribution in [-0.4, -0.2) is 5.71 Å². The molecule has 0 bridgehead atoms. The summed E-state index contributed by atoms with van der Waals surface area (Å²) in [6.45, 7) is 4.55. The minimum Gasteiger partial charge on any atom is -0.373 e. The number of rotatable bonds is 3. The highest BCUT2D eigenvalue weighted by molar-refractivity contribution is 6.06. The topological polar surface area (TPSA) is 24.4 Å². The van der Waals surface area contributed by atoms with Gasteiger partial charge in [-0.3, -0.25) is 4.99 Å². The molecule has 0 fully saturated rings. The highest BCUT2D eigenvalue weighted by Gasteiger charge is 2.41. The average Bonchev–Trinajstić information content (AvgIpc) is 2.84. The Bertz CT molecular complexity index is 915. The first-order chi connectivity index (χ1) is 12.7. The van der Waals surface area contributed by atoms with Crippen LogP contribution in [0.5, 0.6) is 0 Å². The fourth-order valence-electron chi connectivity index (χ4n) is 4.07. The summed E-state index contributed by atoms with van der Waals surface area (Å²) in [5.41, 5.74) is 5.51. The normalized spacial score (nSPS) is 21.9. The van der Waals surface area contributed by atoms with Crippen LogP contribution in [-0.2, 0) is 5.54 Å². The molecule has 0 aromatic heterocycles. The molecule has 26 heavy (non-hydrogen) atoms. The minimum absolute atomic E-state index is 0.206. The molecule has 3 aromatic carbocycles. The summed E-state index contributed by atoms with van der Waals surface area (Å²) < 4.78 is 0. The molecule has 1 heterocycles. The lowest BCUT2D eigenvalue weighted by Gasteiger charge is -2.40. The van der Waals surface area contributed by atoms with Gasteiger partial charge in [-0.05, 0) is 29.7 Å². The van der Waals surface area contributed by atoms with Gasteiger partial charge >= 0.3 is 0 Å². The van der Waals surface area contributed by atoms with Crippen molar-refractivity contribution >= 4 is 17.1 Å². The number of hydrogen-bond donors (Lipinski definition) is 1. The van der Waals surface area contributed by atoms with E-state index in [-0.39, 0.29) is 11.5 Å². The largest absolute Gasteiger partial charge is 0.373 e. The lowest BCUT2D eigenvalue weighted by molar-refractivity contribution is 0.393. The lowest BCUT2D eigenvalue weighted by Crippen LogP contribution is -2.44. The highest BCUT2D eigenvalue weighted by atomic mass is 15.0. The van der Waals surface area contributed by atoms with E-state index in [1.54, 1.807) is 0 Å². The fourth-order valence-corrected chi connectivity index (χ4v) is 4.07. The van der Waals surface area contributed by atoms with Crippen molar-refractivity contribution in [3.63, 3.8) is 0 Å². The van der Waals surface area contributed by atoms with Gasteiger partial charge in [-0.1, -0.05) is 86.6 Å². The Hall–Kier alpha value is -2.87. The van der Waals surface area contributed by atoms with Crippen LogP contribution in [0.3, 0.4) is 0 Å². The van der Waals surface area contributed by atoms with Crippen LogP contribution in [0, 0.1) is 5.92 Å². The Balaban J connectivity index is 1.96. The van der Waals surface area contributed by atoms with Gasteiger partial charge in [0.2, 0.25) is 0 Å². The van der Waals surface area contributed by atoms with Gasteiger partial charge < -0.3 is 5.32 Å². The summed E-state index contributed by atoms with van der Waals surface area (Å²) in [7, 11) is 0. The van der Waals surface area contributed by atoms with Crippen LogP contribution in [0.2, 0.25) is 0 Å². The van der Waals surface area contributed by atoms with Gasteiger partial charge in [-0.2, -0.15) is 0 Å². The first-order valence-electron chi connectivity index (χ1n) is 9.31. The minimum atomic E-state index is -0.206. The zero-order valence-electron chi connectivity index (χ0n) is 15.3. The maximum Gasteiger partial charge on any atom is 0.0864 e. The molecule has 2 unspecified atom stereocenters. The van der Waals surface area contributed by atoms with Gasteiger partial charge in [0.15, 0.2) is 0 Å². The molecule has 0 amide bonds. The molecule has 3 aromatic rings. The van der Waals surface area contributed by atoms with Crippen molar-refractivity contribution < 1.29 is 0 Å². The SMILES string of the molecule is CCC1(c2ccccc2)Nc2ccccc2N=C(c2ccccc2)C1C. The lowest BCUT2D eigenvalue weighted by atomic mass is 9.73. The molecule has 1 N–H and O–H groups in total. The van der Waals surface area contributed by atoms with Crippen molar-refractivity contribution in [1.82, 2.24) is 0 Å². The zero-order valence-corrected chi connectivity index (χ0v) is 15.3. The third-order valence-corrected chi connectivity index (χ3v) is 5.57. The molecule has 2 heteroatoms. The Morgan fingerprint density at radius 3 is 2.15 bits per heavy atom. The summed E-state index contributed by atoms with van der Waals surface area (Å²) in [6, 6.07) is 29.7. The van der Waals surface area contributed by atoms with Crippen LogP contribution < -0.4 is 5.32 Å². The number of hydrogen-bond acceptors (Lipinski definition) is 2. The van der Waals surface area contributed by atoms with Crippen LogP contribution in [0.4, 0.5) is 11.4 Å². The molecule has 0 saturated carbocycles. The van der Waals surface area contributed by atoms with Crippen LogP contribution in [0.25, 0.3) is 0 Å². The molecule has 0 aliphatic carbocycles. The van der Waals surface area contributed by atoms with E-state index >= 15 is 0 Å². The Morgan fingerprint density at radius 2 is 1.46 bits per heavy atom. The fraction of sp³-hybridized carbons (Fsp3) is 0.208. The number of nitrogens with zero attached hydrogens (tertiary/aromatic N) is 1. The van der Waals surface area contributed by atoms with Crippen molar-refractivity contribution in [2.45, 2.75) is 25.8 Å².